The summed E-state index contributed by atoms with van der Waals surface area (Å²) in [5.74, 6) is -0.263. The van der Waals surface area contributed by atoms with E-state index in [0.717, 1.165) is 6.54 Å². The minimum absolute atomic E-state index is 0.263. The first-order valence-electron chi connectivity index (χ1n) is 4.75. The van der Waals surface area contributed by atoms with Crippen LogP contribution in [0.4, 0.5) is 15.8 Å². The largest absolute Gasteiger partial charge is 0.397 e. The van der Waals surface area contributed by atoms with Gasteiger partial charge in [0.05, 0.1) is 21.0 Å². The van der Waals surface area contributed by atoms with Gasteiger partial charge in [-0.15, -0.1) is 0 Å². The fourth-order valence-electron chi connectivity index (χ4n) is 1.79. The fraction of sp³-hybridized carbons (Fsp3) is 0.400. The van der Waals surface area contributed by atoms with Gasteiger partial charge in [0, 0.05) is 19.2 Å². The number of benzene rings is 1. The Bertz CT molecular complexity index is 386. The molecular formula is C10H12FIN2O. The van der Waals surface area contributed by atoms with Crippen molar-refractivity contribution < 1.29 is 9.50 Å². The zero-order valence-corrected chi connectivity index (χ0v) is 10.2. The van der Waals surface area contributed by atoms with Crippen LogP contribution < -0.4 is 10.6 Å². The molecule has 1 saturated heterocycles. The first-order chi connectivity index (χ1) is 7.08. The molecule has 0 aromatic heterocycles. The summed E-state index contributed by atoms with van der Waals surface area (Å²) in [6.45, 7) is 1.26. The summed E-state index contributed by atoms with van der Waals surface area (Å²) in [4.78, 5) is 1.92. The van der Waals surface area contributed by atoms with Crippen LogP contribution in [0.15, 0.2) is 12.1 Å². The molecule has 0 spiro atoms. The van der Waals surface area contributed by atoms with E-state index in [1.165, 1.54) is 6.07 Å². The third-order valence-corrected chi connectivity index (χ3v) is 3.40. The van der Waals surface area contributed by atoms with Gasteiger partial charge in [0.1, 0.15) is 5.82 Å². The Morgan fingerprint density at radius 2 is 2.27 bits per heavy atom. The van der Waals surface area contributed by atoms with E-state index < -0.39 is 0 Å². The molecule has 3 N–H and O–H groups in total. The van der Waals surface area contributed by atoms with Gasteiger partial charge in [0.25, 0.3) is 0 Å². The van der Waals surface area contributed by atoms with Crippen LogP contribution >= 0.6 is 22.6 Å². The van der Waals surface area contributed by atoms with Crippen molar-refractivity contribution in [2.75, 3.05) is 23.7 Å². The maximum atomic E-state index is 13.4. The average Bonchev–Trinajstić information content (AvgIpc) is 2.58. The molecule has 1 aromatic rings. The van der Waals surface area contributed by atoms with Crippen LogP contribution in [0.3, 0.4) is 0 Å². The second-order valence-electron chi connectivity index (χ2n) is 3.71. The van der Waals surface area contributed by atoms with Crippen LogP contribution in [0.1, 0.15) is 6.42 Å². The van der Waals surface area contributed by atoms with Crippen molar-refractivity contribution in [2.24, 2.45) is 0 Å². The highest BCUT2D eigenvalue weighted by Crippen LogP contribution is 2.29. The number of rotatable bonds is 1. The number of aliphatic hydroxyl groups excluding tert-OH is 1. The van der Waals surface area contributed by atoms with E-state index in [-0.39, 0.29) is 11.9 Å². The number of aliphatic hydroxyl groups is 1. The molecule has 15 heavy (non-hydrogen) atoms. The lowest BCUT2D eigenvalue weighted by Gasteiger charge is -2.20. The van der Waals surface area contributed by atoms with Gasteiger partial charge in [0.15, 0.2) is 0 Å². The predicted molar refractivity (Wildman–Crippen MR) is 66.4 cm³/mol. The number of nitrogens with zero attached hydrogens (tertiary/aromatic N) is 1. The molecule has 0 radical (unpaired) electrons. The number of hydrogen-bond acceptors (Lipinski definition) is 3. The van der Waals surface area contributed by atoms with Gasteiger partial charge >= 0.3 is 0 Å². The smallest absolute Gasteiger partial charge is 0.138 e. The molecule has 0 amide bonds. The van der Waals surface area contributed by atoms with Gasteiger partial charge < -0.3 is 15.7 Å². The fourth-order valence-corrected chi connectivity index (χ4v) is 2.28. The summed E-state index contributed by atoms with van der Waals surface area (Å²) in [5.41, 5.74) is 7.07. The molecule has 1 fully saturated rings. The Morgan fingerprint density at radius 1 is 1.53 bits per heavy atom. The van der Waals surface area contributed by atoms with Crippen molar-refractivity contribution in [1.82, 2.24) is 0 Å². The van der Waals surface area contributed by atoms with E-state index >= 15 is 0 Å². The topological polar surface area (TPSA) is 49.5 Å². The number of β-amino-alcohol motifs (C(OH)–C–C–N with tert-alkyl or cyclic N) is 1. The maximum Gasteiger partial charge on any atom is 0.138 e. The number of nitrogens with two attached hydrogens (primary N) is 1. The van der Waals surface area contributed by atoms with E-state index in [9.17, 15) is 9.50 Å². The predicted octanol–water partition coefficient (Wildman–Crippen LogP) is 1.58. The molecule has 1 aliphatic heterocycles. The Morgan fingerprint density at radius 3 is 2.87 bits per heavy atom. The lowest BCUT2D eigenvalue weighted by atomic mass is 10.2. The van der Waals surface area contributed by atoms with Crippen LogP contribution in [0, 0.1) is 9.39 Å². The normalized spacial score (nSPS) is 21.0. The van der Waals surface area contributed by atoms with Crippen molar-refractivity contribution in [3.05, 3.63) is 21.5 Å². The highest BCUT2D eigenvalue weighted by atomic mass is 127. The Balaban J connectivity index is 2.32. The second-order valence-corrected chi connectivity index (χ2v) is 4.88. The highest BCUT2D eigenvalue weighted by molar-refractivity contribution is 14.1. The zero-order valence-electron chi connectivity index (χ0n) is 8.08. The van der Waals surface area contributed by atoms with Crippen molar-refractivity contribution in [2.45, 2.75) is 12.5 Å². The molecule has 1 unspecified atom stereocenters. The Kier molecular flexibility index (Phi) is 3.01. The van der Waals surface area contributed by atoms with Gasteiger partial charge in [0.2, 0.25) is 0 Å². The number of hydrogen-bond donors (Lipinski definition) is 2. The van der Waals surface area contributed by atoms with Crippen LogP contribution in [-0.4, -0.2) is 24.3 Å². The standard InChI is InChI=1S/C10H12FIN2O/c11-7-3-10(9(13)4-8(7)12)14-2-1-6(15)5-14/h3-4,6,15H,1-2,5,13H2. The third-order valence-electron chi connectivity index (χ3n) is 2.57. The molecule has 3 nitrogen and oxygen atoms in total. The van der Waals surface area contributed by atoms with Gasteiger partial charge in [-0.3, -0.25) is 0 Å². The van der Waals surface area contributed by atoms with Gasteiger partial charge in [-0.05, 0) is 35.1 Å². The molecule has 82 valence electrons. The number of halogens is 2. The molecule has 0 bridgehead atoms. The lowest BCUT2D eigenvalue weighted by molar-refractivity contribution is 0.198. The van der Waals surface area contributed by atoms with E-state index in [1.54, 1.807) is 6.07 Å². The van der Waals surface area contributed by atoms with Crippen molar-refractivity contribution >= 4 is 34.0 Å². The summed E-state index contributed by atoms with van der Waals surface area (Å²) < 4.78 is 13.9. The van der Waals surface area contributed by atoms with Crippen LogP contribution in [0.25, 0.3) is 0 Å². The first-order valence-corrected chi connectivity index (χ1v) is 5.83. The summed E-state index contributed by atoms with van der Waals surface area (Å²) >= 11 is 1.91. The first kappa shape index (κ1) is 10.9. The summed E-state index contributed by atoms with van der Waals surface area (Å²) in [7, 11) is 0. The zero-order chi connectivity index (χ0) is 11.0. The molecule has 1 aliphatic rings. The molecular weight excluding hydrogens is 310 g/mol. The molecule has 1 atom stereocenters. The third kappa shape index (κ3) is 2.17. The molecule has 0 aliphatic carbocycles. The van der Waals surface area contributed by atoms with Gasteiger partial charge in [-0.2, -0.15) is 0 Å². The summed E-state index contributed by atoms with van der Waals surface area (Å²) in [6, 6.07) is 3.06. The summed E-state index contributed by atoms with van der Waals surface area (Å²) in [5, 5.41) is 9.40. The minimum Gasteiger partial charge on any atom is -0.397 e. The molecule has 2 rings (SSSR count). The molecule has 5 heteroatoms. The van der Waals surface area contributed by atoms with Crippen LogP contribution in [0.2, 0.25) is 0 Å². The SMILES string of the molecule is Nc1cc(I)c(F)cc1N1CCC(O)C1. The lowest BCUT2D eigenvalue weighted by Crippen LogP contribution is -2.22. The maximum absolute atomic E-state index is 13.4. The monoisotopic (exact) mass is 322 g/mol. The number of nitrogen functional groups attached to an aromatic ring is 1. The van der Waals surface area contributed by atoms with Gasteiger partial charge in [-0.1, -0.05) is 0 Å². The molecule has 1 aromatic carbocycles. The quantitative estimate of drug-likeness (QED) is 0.610. The van der Waals surface area contributed by atoms with Crippen molar-refractivity contribution in [1.29, 1.82) is 0 Å². The van der Waals surface area contributed by atoms with E-state index in [2.05, 4.69) is 0 Å². The molecule has 1 heterocycles. The van der Waals surface area contributed by atoms with Gasteiger partial charge in [-0.25, -0.2) is 4.39 Å². The Labute approximate surface area is 101 Å². The van der Waals surface area contributed by atoms with Crippen molar-refractivity contribution in [3.63, 3.8) is 0 Å². The van der Waals surface area contributed by atoms with Crippen LogP contribution in [0.5, 0.6) is 0 Å². The second kappa shape index (κ2) is 4.13. The Hall–Kier alpha value is -0.560. The minimum atomic E-state index is -0.327. The average molecular weight is 322 g/mol. The molecule has 0 saturated carbocycles. The van der Waals surface area contributed by atoms with E-state index in [1.807, 2.05) is 27.5 Å². The summed E-state index contributed by atoms with van der Waals surface area (Å²) in [6.07, 6.45) is 0.388. The van der Waals surface area contributed by atoms with Crippen LogP contribution in [-0.2, 0) is 0 Å². The van der Waals surface area contributed by atoms with E-state index in [0.29, 0.717) is 27.9 Å². The van der Waals surface area contributed by atoms with E-state index in [4.69, 9.17) is 5.73 Å². The van der Waals surface area contributed by atoms with Crippen molar-refractivity contribution in [3.8, 4) is 0 Å². The number of anilines is 2. The highest BCUT2D eigenvalue weighted by Gasteiger charge is 2.22.